The second-order valence-electron chi connectivity index (χ2n) is 8.51. The summed E-state index contributed by atoms with van der Waals surface area (Å²) in [6, 6.07) is 19.6. The fraction of sp³-hybridized carbons (Fsp3) is 0.269. The van der Waals surface area contributed by atoms with Gasteiger partial charge >= 0.3 is 0 Å². The molecule has 1 N–H and O–H groups in total. The van der Waals surface area contributed by atoms with Crippen LogP contribution in [0.25, 0.3) is 11.1 Å². The Morgan fingerprint density at radius 3 is 2.56 bits per heavy atom. The summed E-state index contributed by atoms with van der Waals surface area (Å²) >= 11 is 0. The van der Waals surface area contributed by atoms with Crippen molar-refractivity contribution in [3.05, 3.63) is 89.7 Å². The van der Waals surface area contributed by atoms with Crippen molar-refractivity contribution in [1.82, 2.24) is 14.8 Å². The number of rotatable bonds is 4. The van der Waals surface area contributed by atoms with Gasteiger partial charge in [0.25, 0.3) is 5.91 Å². The number of hydrogen-bond acceptors (Lipinski definition) is 4. The molecule has 3 aromatic rings. The standard InChI is InChI=1S/C26H25N3O3/c1-17-5-2-3-7-21(17)18-8-10-19(11-9-18)25-22-14-28(15-24(31)29(22)23(25)16-30)26(32)20-6-4-12-27-13-20/h2-13,22-23,25,30H,14-16H2,1H3/t22-,23+,25+/m1/s1. The minimum absolute atomic E-state index is 0.0145. The van der Waals surface area contributed by atoms with Gasteiger partial charge in [-0.3, -0.25) is 14.6 Å². The number of benzene rings is 2. The van der Waals surface area contributed by atoms with Crippen molar-refractivity contribution in [2.24, 2.45) is 0 Å². The van der Waals surface area contributed by atoms with E-state index in [1.54, 1.807) is 28.1 Å². The zero-order chi connectivity index (χ0) is 22.2. The molecule has 2 fully saturated rings. The topological polar surface area (TPSA) is 73.7 Å². The molecule has 0 saturated carbocycles. The van der Waals surface area contributed by atoms with Crippen molar-refractivity contribution in [3.8, 4) is 11.1 Å². The second-order valence-corrected chi connectivity index (χ2v) is 8.51. The fourth-order valence-corrected chi connectivity index (χ4v) is 5.11. The maximum atomic E-state index is 12.9. The van der Waals surface area contributed by atoms with E-state index in [1.165, 1.54) is 17.3 Å². The molecular formula is C26H25N3O3. The third-order valence-electron chi connectivity index (χ3n) is 6.70. The van der Waals surface area contributed by atoms with Crippen LogP contribution in [0.2, 0.25) is 0 Å². The van der Waals surface area contributed by atoms with Crippen LogP contribution in [-0.2, 0) is 4.79 Å². The van der Waals surface area contributed by atoms with Crippen molar-refractivity contribution in [2.75, 3.05) is 19.7 Å². The molecule has 32 heavy (non-hydrogen) atoms. The van der Waals surface area contributed by atoms with Crippen LogP contribution in [0.15, 0.2) is 73.1 Å². The first-order chi connectivity index (χ1) is 15.6. The van der Waals surface area contributed by atoms with Crippen molar-refractivity contribution in [1.29, 1.82) is 0 Å². The minimum Gasteiger partial charge on any atom is -0.394 e. The maximum absolute atomic E-state index is 12.9. The Hall–Kier alpha value is -3.51. The van der Waals surface area contributed by atoms with E-state index < -0.39 is 0 Å². The van der Waals surface area contributed by atoms with Crippen molar-refractivity contribution < 1.29 is 14.7 Å². The lowest BCUT2D eigenvalue weighted by Crippen LogP contribution is -2.73. The number of pyridine rings is 1. The number of carbonyl (C=O) groups excluding carboxylic acids is 2. The Morgan fingerprint density at radius 1 is 1.09 bits per heavy atom. The number of nitrogens with zero attached hydrogens (tertiary/aromatic N) is 3. The minimum atomic E-state index is -0.257. The van der Waals surface area contributed by atoms with Gasteiger partial charge in [-0.2, -0.15) is 0 Å². The van der Waals surface area contributed by atoms with Crippen LogP contribution < -0.4 is 0 Å². The summed E-state index contributed by atoms with van der Waals surface area (Å²) in [6.07, 6.45) is 3.15. The van der Waals surface area contributed by atoms with Gasteiger partial charge in [0.05, 0.1) is 24.3 Å². The van der Waals surface area contributed by atoms with E-state index in [2.05, 4.69) is 48.3 Å². The number of amides is 2. The van der Waals surface area contributed by atoms with Gasteiger partial charge in [-0.25, -0.2) is 0 Å². The molecule has 2 aliphatic rings. The van der Waals surface area contributed by atoms with Gasteiger partial charge in [-0.1, -0.05) is 48.5 Å². The molecule has 5 rings (SSSR count). The van der Waals surface area contributed by atoms with E-state index in [9.17, 15) is 14.7 Å². The molecule has 0 radical (unpaired) electrons. The van der Waals surface area contributed by atoms with E-state index in [0.29, 0.717) is 12.1 Å². The first kappa shape index (κ1) is 20.4. The lowest BCUT2D eigenvalue weighted by Gasteiger charge is -2.58. The Morgan fingerprint density at radius 2 is 1.88 bits per heavy atom. The monoisotopic (exact) mass is 427 g/mol. The molecule has 2 amide bonds. The van der Waals surface area contributed by atoms with Crippen LogP contribution in [0.3, 0.4) is 0 Å². The summed E-state index contributed by atoms with van der Waals surface area (Å²) in [6.45, 7) is 2.47. The highest BCUT2D eigenvalue weighted by Gasteiger charge is 2.54. The molecule has 0 unspecified atom stereocenters. The van der Waals surface area contributed by atoms with Gasteiger partial charge in [-0.15, -0.1) is 0 Å². The number of aryl methyl sites for hydroxylation is 1. The van der Waals surface area contributed by atoms with Gasteiger partial charge in [-0.05, 0) is 41.3 Å². The molecule has 2 saturated heterocycles. The average molecular weight is 428 g/mol. The summed E-state index contributed by atoms with van der Waals surface area (Å²) in [7, 11) is 0. The predicted octanol–water partition coefficient (Wildman–Crippen LogP) is 2.87. The van der Waals surface area contributed by atoms with E-state index >= 15 is 0 Å². The largest absolute Gasteiger partial charge is 0.394 e. The zero-order valence-corrected chi connectivity index (χ0v) is 17.9. The number of fused-ring (bicyclic) bond motifs is 1. The Balaban J connectivity index is 1.40. The lowest BCUT2D eigenvalue weighted by atomic mass is 9.73. The predicted molar refractivity (Wildman–Crippen MR) is 121 cm³/mol. The number of aliphatic hydroxyl groups is 1. The summed E-state index contributed by atoms with van der Waals surface area (Å²) in [5.41, 5.74) is 5.09. The highest BCUT2D eigenvalue weighted by Crippen LogP contribution is 2.43. The molecular weight excluding hydrogens is 402 g/mol. The molecule has 0 bridgehead atoms. The third kappa shape index (κ3) is 3.37. The summed E-state index contributed by atoms with van der Waals surface area (Å²) in [5, 5.41) is 10.0. The highest BCUT2D eigenvalue weighted by atomic mass is 16.3. The van der Waals surface area contributed by atoms with Crippen molar-refractivity contribution in [3.63, 3.8) is 0 Å². The molecule has 0 spiro atoms. The molecule has 6 heteroatoms. The molecule has 1 aromatic heterocycles. The molecule has 6 nitrogen and oxygen atoms in total. The number of aliphatic hydroxyl groups excluding tert-OH is 1. The SMILES string of the molecule is Cc1ccccc1-c1ccc([C@H]2[C@H]3CN(C(=O)c4cccnc4)CC(=O)N3[C@H]2CO)cc1. The summed E-state index contributed by atoms with van der Waals surface area (Å²) in [5.74, 6) is -0.322. The van der Waals surface area contributed by atoms with Gasteiger partial charge in [0.2, 0.25) is 5.91 Å². The molecule has 2 aliphatic heterocycles. The lowest BCUT2D eigenvalue weighted by molar-refractivity contribution is -0.159. The van der Waals surface area contributed by atoms with Gasteiger partial charge in [0.1, 0.15) is 6.54 Å². The first-order valence-corrected chi connectivity index (χ1v) is 10.9. The normalized spacial score (nSPS) is 22.3. The molecule has 162 valence electrons. The van der Waals surface area contributed by atoms with E-state index in [1.807, 2.05) is 12.1 Å². The van der Waals surface area contributed by atoms with E-state index in [0.717, 1.165) is 11.1 Å². The number of piperazine rings is 1. The van der Waals surface area contributed by atoms with Crippen LogP contribution in [0, 0.1) is 6.92 Å². The summed E-state index contributed by atoms with van der Waals surface area (Å²) < 4.78 is 0. The fourth-order valence-electron chi connectivity index (χ4n) is 5.11. The van der Waals surface area contributed by atoms with Crippen LogP contribution in [0.5, 0.6) is 0 Å². The number of hydrogen-bond donors (Lipinski definition) is 1. The quantitative estimate of drug-likeness (QED) is 0.695. The Kier molecular flexibility index (Phi) is 5.23. The molecule has 2 aromatic carbocycles. The smallest absolute Gasteiger partial charge is 0.255 e. The van der Waals surface area contributed by atoms with E-state index in [-0.39, 0.29) is 43.0 Å². The third-order valence-corrected chi connectivity index (χ3v) is 6.70. The Labute approximate surface area is 187 Å². The molecule has 3 atom stereocenters. The highest BCUT2D eigenvalue weighted by molar-refractivity contribution is 5.97. The van der Waals surface area contributed by atoms with Crippen molar-refractivity contribution in [2.45, 2.75) is 24.9 Å². The van der Waals surface area contributed by atoms with Gasteiger partial charge < -0.3 is 14.9 Å². The van der Waals surface area contributed by atoms with Gasteiger partial charge in [0, 0.05) is 24.9 Å². The molecule has 3 heterocycles. The van der Waals surface area contributed by atoms with E-state index in [4.69, 9.17) is 0 Å². The van der Waals surface area contributed by atoms with Gasteiger partial charge in [0.15, 0.2) is 0 Å². The maximum Gasteiger partial charge on any atom is 0.255 e. The van der Waals surface area contributed by atoms with Crippen LogP contribution in [-0.4, -0.2) is 63.5 Å². The van der Waals surface area contributed by atoms with Crippen molar-refractivity contribution >= 4 is 11.8 Å². The first-order valence-electron chi connectivity index (χ1n) is 10.9. The average Bonchev–Trinajstić information content (AvgIpc) is 2.81. The number of carbonyl (C=O) groups is 2. The van der Waals surface area contributed by atoms with Crippen LogP contribution in [0.4, 0.5) is 0 Å². The van der Waals surface area contributed by atoms with Crippen LogP contribution in [0.1, 0.15) is 27.4 Å². The van der Waals surface area contributed by atoms with Crippen LogP contribution >= 0.6 is 0 Å². The zero-order valence-electron chi connectivity index (χ0n) is 17.9. The summed E-state index contributed by atoms with van der Waals surface area (Å²) in [4.78, 5) is 33.1. The number of aromatic nitrogens is 1. The Bertz CT molecular complexity index is 1150. The molecule has 0 aliphatic carbocycles. The second kappa shape index (κ2) is 8.20.